The Morgan fingerprint density at radius 2 is 2.06 bits per heavy atom. The van der Waals surface area contributed by atoms with Gasteiger partial charge in [-0.2, -0.15) is 0 Å². The fourth-order valence-electron chi connectivity index (χ4n) is 2.14. The number of hydrogen-bond donors (Lipinski definition) is 3. The Hall–Kier alpha value is -1.34. The number of rotatable bonds is 4. The second-order valence-electron chi connectivity index (χ2n) is 4.87. The molecule has 7 nitrogen and oxygen atoms in total. The predicted octanol–water partition coefficient (Wildman–Crippen LogP) is -0.881. The summed E-state index contributed by atoms with van der Waals surface area (Å²) >= 11 is 0. The summed E-state index contributed by atoms with van der Waals surface area (Å²) in [6.07, 6.45) is 0. The molecule has 1 aliphatic rings. The van der Waals surface area contributed by atoms with Gasteiger partial charge in [-0.3, -0.25) is 4.79 Å². The fraction of sp³-hybridized carbons (Fsp3) is 0.818. The number of nitrogens with two attached hydrogens (primary N) is 2. The Labute approximate surface area is 107 Å². The zero-order valence-electron chi connectivity index (χ0n) is 10.9. The fourth-order valence-corrected chi connectivity index (χ4v) is 2.14. The lowest BCUT2D eigenvalue weighted by Gasteiger charge is -2.30. The van der Waals surface area contributed by atoms with Crippen molar-refractivity contribution in [3.63, 3.8) is 0 Å². The molecule has 1 heterocycles. The lowest BCUT2D eigenvalue weighted by atomic mass is 10.1. The number of amides is 2. The predicted molar refractivity (Wildman–Crippen MR) is 67.0 cm³/mol. The van der Waals surface area contributed by atoms with Crippen molar-refractivity contribution in [2.75, 3.05) is 26.2 Å². The van der Waals surface area contributed by atoms with Gasteiger partial charge in [0.25, 0.3) is 0 Å². The Balaban J connectivity index is 2.70. The quantitative estimate of drug-likeness (QED) is 0.606. The number of aliphatic carboxylic acids is 1. The van der Waals surface area contributed by atoms with E-state index in [-0.39, 0.29) is 25.2 Å². The van der Waals surface area contributed by atoms with Crippen LogP contribution < -0.4 is 11.5 Å². The van der Waals surface area contributed by atoms with E-state index in [2.05, 4.69) is 0 Å². The van der Waals surface area contributed by atoms with E-state index in [0.717, 1.165) is 0 Å². The summed E-state index contributed by atoms with van der Waals surface area (Å²) in [5, 5.41) is 8.98. The van der Waals surface area contributed by atoms with E-state index in [9.17, 15) is 9.59 Å². The van der Waals surface area contributed by atoms with Gasteiger partial charge in [-0.15, -0.1) is 0 Å². The van der Waals surface area contributed by atoms with Crippen molar-refractivity contribution in [1.29, 1.82) is 0 Å². The van der Waals surface area contributed by atoms with E-state index in [0.29, 0.717) is 13.1 Å². The number of carboxylic acid groups (broad SMARTS) is 1. The molecule has 0 unspecified atom stereocenters. The lowest BCUT2D eigenvalue weighted by molar-refractivity contribution is -0.141. The van der Waals surface area contributed by atoms with Gasteiger partial charge in [-0.1, -0.05) is 0 Å². The Bertz CT molecular complexity index is 321. The third kappa shape index (κ3) is 3.11. The average molecular weight is 258 g/mol. The van der Waals surface area contributed by atoms with Gasteiger partial charge in [0.2, 0.25) is 0 Å². The maximum atomic E-state index is 12.2. The number of likely N-dealkylation sites (tertiary alicyclic amines) is 1. The van der Waals surface area contributed by atoms with Crippen molar-refractivity contribution in [2.24, 2.45) is 17.4 Å². The highest BCUT2D eigenvalue weighted by Crippen LogP contribution is 2.18. The first kappa shape index (κ1) is 14.7. The highest BCUT2D eigenvalue weighted by atomic mass is 16.4. The van der Waals surface area contributed by atoms with Crippen LogP contribution in [0.4, 0.5) is 4.79 Å². The van der Waals surface area contributed by atoms with Crippen molar-refractivity contribution >= 4 is 12.0 Å². The SMILES string of the molecule is CC(C)N(CCN)C(=O)N1C[C@@H](N)[C@@H](C(=O)O)C1. The standard InChI is InChI=1S/C11H22N4O3/c1-7(2)15(4-3-12)11(18)14-5-8(10(16)17)9(13)6-14/h7-9H,3-6,12-13H2,1-2H3,(H,16,17)/t8-,9+/m0/s1. The van der Waals surface area contributed by atoms with Gasteiger partial charge in [-0.05, 0) is 13.8 Å². The van der Waals surface area contributed by atoms with Crippen LogP contribution in [0.2, 0.25) is 0 Å². The van der Waals surface area contributed by atoms with E-state index < -0.39 is 17.9 Å². The number of carboxylic acids is 1. The molecule has 0 aliphatic carbocycles. The maximum absolute atomic E-state index is 12.2. The van der Waals surface area contributed by atoms with E-state index in [1.807, 2.05) is 13.8 Å². The van der Waals surface area contributed by atoms with Gasteiger partial charge in [-0.25, -0.2) is 4.79 Å². The molecule has 104 valence electrons. The lowest BCUT2D eigenvalue weighted by Crippen LogP contribution is -2.48. The van der Waals surface area contributed by atoms with Gasteiger partial charge in [0.05, 0.1) is 5.92 Å². The Kier molecular flexibility index (Phi) is 4.92. The van der Waals surface area contributed by atoms with E-state index in [1.54, 1.807) is 4.90 Å². The normalized spacial score (nSPS) is 23.5. The van der Waals surface area contributed by atoms with E-state index >= 15 is 0 Å². The third-order valence-electron chi connectivity index (χ3n) is 3.19. The van der Waals surface area contributed by atoms with Crippen LogP contribution in [-0.4, -0.2) is 65.2 Å². The molecule has 0 saturated carbocycles. The minimum Gasteiger partial charge on any atom is -0.481 e. The molecule has 1 fully saturated rings. The summed E-state index contributed by atoms with van der Waals surface area (Å²) in [6, 6.07) is -0.658. The smallest absolute Gasteiger partial charge is 0.320 e. The largest absolute Gasteiger partial charge is 0.481 e. The molecule has 18 heavy (non-hydrogen) atoms. The van der Waals surface area contributed by atoms with Crippen molar-refractivity contribution in [1.82, 2.24) is 9.80 Å². The van der Waals surface area contributed by atoms with Crippen LogP contribution in [0.25, 0.3) is 0 Å². The summed E-state index contributed by atoms with van der Waals surface area (Å²) in [5.74, 6) is -1.63. The molecular weight excluding hydrogens is 236 g/mol. The minimum absolute atomic E-state index is 0.0288. The molecule has 2 amide bonds. The second kappa shape index (κ2) is 6.01. The first-order valence-corrected chi connectivity index (χ1v) is 6.12. The average Bonchev–Trinajstić information content (AvgIpc) is 2.67. The molecule has 0 aromatic carbocycles. The molecule has 1 rings (SSSR count). The summed E-state index contributed by atoms with van der Waals surface area (Å²) in [4.78, 5) is 26.3. The van der Waals surface area contributed by atoms with Crippen LogP contribution in [0.5, 0.6) is 0 Å². The van der Waals surface area contributed by atoms with Gasteiger partial charge in [0.15, 0.2) is 0 Å². The maximum Gasteiger partial charge on any atom is 0.320 e. The van der Waals surface area contributed by atoms with E-state index in [1.165, 1.54) is 4.90 Å². The van der Waals surface area contributed by atoms with Crippen LogP contribution in [0.1, 0.15) is 13.8 Å². The Morgan fingerprint density at radius 3 is 2.44 bits per heavy atom. The zero-order chi connectivity index (χ0) is 13.9. The van der Waals surface area contributed by atoms with Gasteiger partial charge >= 0.3 is 12.0 Å². The summed E-state index contributed by atoms with van der Waals surface area (Å²) in [6.45, 7) is 5.09. The molecule has 2 atom stereocenters. The molecule has 0 radical (unpaired) electrons. The van der Waals surface area contributed by atoms with Crippen LogP contribution in [0, 0.1) is 5.92 Å². The molecule has 0 aromatic heterocycles. The molecule has 1 saturated heterocycles. The highest BCUT2D eigenvalue weighted by molar-refractivity contribution is 5.78. The zero-order valence-corrected chi connectivity index (χ0v) is 10.9. The van der Waals surface area contributed by atoms with Crippen molar-refractivity contribution < 1.29 is 14.7 Å². The summed E-state index contributed by atoms with van der Waals surface area (Å²) in [7, 11) is 0. The van der Waals surface area contributed by atoms with Gasteiger partial charge < -0.3 is 26.4 Å². The highest BCUT2D eigenvalue weighted by Gasteiger charge is 2.39. The molecule has 7 heteroatoms. The first-order valence-electron chi connectivity index (χ1n) is 6.12. The first-order chi connectivity index (χ1) is 8.38. The van der Waals surface area contributed by atoms with Crippen molar-refractivity contribution in [2.45, 2.75) is 25.9 Å². The number of nitrogens with zero attached hydrogens (tertiary/aromatic N) is 2. The number of urea groups is 1. The second-order valence-corrected chi connectivity index (χ2v) is 4.87. The van der Waals surface area contributed by atoms with Crippen molar-refractivity contribution in [3.05, 3.63) is 0 Å². The van der Waals surface area contributed by atoms with Crippen LogP contribution in [0.3, 0.4) is 0 Å². The van der Waals surface area contributed by atoms with Gasteiger partial charge in [0, 0.05) is 38.3 Å². The third-order valence-corrected chi connectivity index (χ3v) is 3.19. The van der Waals surface area contributed by atoms with Crippen LogP contribution >= 0.6 is 0 Å². The minimum atomic E-state index is -0.951. The molecule has 0 bridgehead atoms. The van der Waals surface area contributed by atoms with Crippen LogP contribution in [-0.2, 0) is 4.79 Å². The van der Waals surface area contributed by atoms with E-state index in [4.69, 9.17) is 16.6 Å². The van der Waals surface area contributed by atoms with Crippen molar-refractivity contribution in [3.8, 4) is 0 Å². The molecular formula is C11H22N4O3. The molecule has 0 spiro atoms. The number of carbonyl (C=O) groups is 2. The topological polar surface area (TPSA) is 113 Å². The molecule has 1 aliphatic heterocycles. The number of carbonyl (C=O) groups excluding carboxylic acids is 1. The van der Waals surface area contributed by atoms with Gasteiger partial charge in [0.1, 0.15) is 0 Å². The summed E-state index contributed by atoms with van der Waals surface area (Å²) < 4.78 is 0. The molecule has 0 aromatic rings. The number of hydrogen-bond acceptors (Lipinski definition) is 4. The summed E-state index contributed by atoms with van der Waals surface area (Å²) in [5.41, 5.74) is 11.2. The monoisotopic (exact) mass is 258 g/mol. The molecule has 5 N–H and O–H groups in total. The van der Waals surface area contributed by atoms with Crippen LogP contribution in [0.15, 0.2) is 0 Å². The Morgan fingerprint density at radius 1 is 1.44 bits per heavy atom.